The maximum atomic E-state index is 14.7. The molecule has 0 aromatic heterocycles. The molecule has 37 heavy (non-hydrogen) atoms. The summed E-state index contributed by atoms with van der Waals surface area (Å²) in [7, 11) is 0. The highest BCUT2D eigenvalue weighted by Gasteiger charge is 2.13. The van der Waals surface area contributed by atoms with Crippen LogP contribution in [-0.2, 0) is 23.9 Å². The average molecular weight is 503 g/mol. The number of rotatable bonds is 10. The van der Waals surface area contributed by atoms with Crippen LogP contribution in [0.5, 0.6) is 5.75 Å². The molecule has 0 bridgehead atoms. The van der Waals surface area contributed by atoms with Crippen molar-refractivity contribution in [3.05, 3.63) is 109 Å². The zero-order valence-electron chi connectivity index (χ0n) is 20.4. The summed E-state index contributed by atoms with van der Waals surface area (Å²) in [6, 6.07) is 11.0. The number of hydrogen-bond acceptors (Lipinski definition) is 6. The Bertz CT molecular complexity index is 1280. The minimum Gasteiger partial charge on any atom is -0.462 e. The Balaban J connectivity index is 1.50. The Labute approximate surface area is 215 Å². The first kappa shape index (κ1) is 27.1. The third-order valence-corrected chi connectivity index (χ3v) is 5.33. The van der Waals surface area contributed by atoms with E-state index in [9.17, 15) is 18.8 Å². The number of ether oxygens (including phenoxy) is 3. The van der Waals surface area contributed by atoms with E-state index in [4.69, 9.17) is 14.2 Å². The van der Waals surface area contributed by atoms with Crippen LogP contribution in [0.4, 0.5) is 4.39 Å². The quantitative estimate of drug-likeness (QED) is 0.229. The molecular weight excluding hydrogens is 475 g/mol. The van der Waals surface area contributed by atoms with Crippen molar-refractivity contribution < 1.29 is 33.0 Å². The van der Waals surface area contributed by atoms with Crippen LogP contribution >= 0.6 is 0 Å². The van der Waals surface area contributed by atoms with Crippen molar-refractivity contribution in [3.63, 3.8) is 0 Å². The zero-order valence-corrected chi connectivity index (χ0v) is 20.4. The molecule has 190 valence electrons. The Kier molecular flexibility index (Phi) is 9.49. The van der Waals surface area contributed by atoms with Crippen molar-refractivity contribution in [2.24, 2.45) is 0 Å². The van der Waals surface area contributed by atoms with Gasteiger partial charge in [-0.15, -0.1) is 0 Å². The third kappa shape index (κ3) is 8.28. The first-order chi connectivity index (χ1) is 17.7. The molecule has 2 aromatic rings. The molecule has 6 nitrogen and oxygen atoms in total. The Hall–Kier alpha value is -4.52. The Morgan fingerprint density at radius 1 is 1.11 bits per heavy atom. The molecule has 0 amide bonds. The van der Waals surface area contributed by atoms with Crippen LogP contribution in [0.2, 0.25) is 0 Å². The maximum absolute atomic E-state index is 14.7. The van der Waals surface area contributed by atoms with Crippen molar-refractivity contribution in [1.82, 2.24) is 0 Å². The lowest BCUT2D eigenvalue weighted by molar-refractivity contribution is -0.141. The van der Waals surface area contributed by atoms with Crippen LogP contribution in [0.15, 0.2) is 97.1 Å². The van der Waals surface area contributed by atoms with Crippen LogP contribution in [0.3, 0.4) is 0 Å². The highest BCUT2D eigenvalue weighted by molar-refractivity contribution is 5.88. The molecule has 3 rings (SSSR count). The minimum atomic E-state index is -0.576. The van der Waals surface area contributed by atoms with Crippen LogP contribution in [-0.4, -0.2) is 30.6 Å². The highest BCUT2D eigenvalue weighted by Crippen LogP contribution is 2.26. The predicted octanol–water partition coefficient (Wildman–Crippen LogP) is 5.90. The lowest BCUT2D eigenvalue weighted by Gasteiger charge is -2.16. The van der Waals surface area contributed by atoms with Crippen molar-refractivity contribution in [2.45, 2.75) is 25.9 Å². The SMILES string of the molecule is C=CC(=O)Oc1ccc(-c2ccc(/C=C/C(=O)O[C@@H]3C=CC(CCOC(=O)C(=C)C)=CC3)cc2F)cc1. The molecular formula is C30H27FO6. The van der Waals surface area contributed by atoms with Crippen LogP contribution in [0, 0.1) is 5.82 Å². The van der Waals surface area contributed by atoms with E-state index in [-0.39, 0.29) is 6.61 Å². The molecule has 0 aliphatic heterocycles. The van der Waals surface area contributed by atoms with Gasteiger partial charge in [0.25, 0.3) is 0 Å². The molecule has 1 aliphatic rings. The molecule has 7 heteroatoms. The van der Waals surface area contributed by atoms with E-state index < -0.39 is 29.8 Å². The Morgan fingerprint density at radius 2 is 1.86 bits per heavy atom. The Morgan fingerprint density at radius 3 is 2.49 bits per heavy atom. The average Bonchev–Trinajstić information content (AvgIpc) is 2.89. The van der Waals surface area contributed by atoms with E-state index in [2.05, 4.69) is 13.2 Å². The maximum Gasteiger partial charge on any atom is 0.335 e. The van der Waals surface area contributed by atoms with E-state index in [0.29, 0.717) is 40.9 Å². The van der Waals surface area contributed by atoms with E-state index in [1.807, 2.05) is 12.2 Å². The second kappa shape index (κ2) is 13.0. The molecule has 0 saturated carbocycles. The third-order valence-electron chi connectivity index (χ3n) is 5.33. The van der Waals surface area contributed by atoms with Gasteiger partial charge in [0.05, 0.1) is 6.61 Å². The fraction of sp³-hybridized carbons (Fsp3) is 0.167. The monoisotopic (exact) mass is 502 g/mol. The van der Waals surface area contributed by atoms with Gasteiger partial charge in [-0.1, -0.05) is 49.6 Å². The molecule has 0 fully saturated rings. The number of allylic oxidation sites excluding steroid dienone is 1. The van der Waals surface area contributed by atoms with Gasteiger partial charge in [-0.05, 0) is 54.0 Å². The smallest absolute Gasteiger partial charge is 0.335 e. The van der Waals surface area contributed by atoms with E-state index >= 15 is 0 Å². The van der Waals surface area contributed by atoms with Gasteiger partial charge in [0.2, 0.25) is 0 Å². The standard InChI is InChI=1S/C30H27FO6/c1-4-28(32)36-25-13-9-23(10-14-25)26-15-7-22(19-27(26)31)8-16-29(33)37-24-11-5-21(6-12-24)17-18-35-30(34)20(2)3/h4-11,13-16,19,24H,1-2,12,17-18H2,3H3/b16-8+/t24-/m1/s1. The molecule has 0 saturated heterocycles. The van der Waals surface area contributed by atoms with Gasteiger partial charge in [-0.3, -0.25) is 0 Å². The fourth-order valence-corrected chi connectivity index (χ4v) is 3.38. The minimum absolute atomic E-state index is 0.251. The van der Waals surface area contributed by atoms with Gasteiger partial charge >= 0.3 is 17.9 Å². The summed E-state index contributed by atoms with van der Waals surface area (Å²) in [5.74, 6) is -1.68. The summed E-state index contributed by atoms with van der Waals surface area (Å²) >= 11 is 0. The van der Waals surface area contributed by atoms with Gasteiger partial charge in [-0.2, -0.15) is 0 Å². The molecule has 1 aliphatic carbocycles. The fourth-order valence-electron chi connectivity index (χ4n) is 3.38. The van der Waals surface area contributed by atoms with E-state index in [0.717, 1.165) is 11.6 Å². The summed E-state index contributed by atoms with van der Waals surface area (Å²) in [5.41, 5.74) is 2.81. The molecule has 0 N–H and O–H groups in total. The molecule has 0 heterocycles. The van der Waals surface area contributed by atoms with Crippen molar-refractivity contribution in [2.75, 3.05) is 6.61 Å². The number of carbonyl (C=O) groups is 3. The first-order valence-electron chi connectivity index (χ1n) is 11.6. The number of benzene rings is 2. The molecule has 2 aromatic carbocycles. The summed E-state index contributed by atoms with van der Waals surface area (Å²) in [4.78, 5) is 34.9. The van der Waals surface area contributed by atoms with Crippen LogP contribution in [0.1, 0.15) is 25.3 Å². The van der Waals surface area contributed by atoms with Gasteiger partial charge in [0.1, 0.15) is 17.7 Å². The van der Waals surface area contributed by atoms with Crippen molar-refractivity contribution in [1.29, 1.82) is 0 Å². The summed E-state index contributed by atoms with van der Waals surface area (Å²) in [5, 5.41) is 0. The lowest BCUT2D eigenvalue weighted by Crippen LogP contribution is -2.16. The summed E-state index contributed by atoms with van der Waals surface area (Å²) < 4.78 is 30.2. The number of carbonyl (C=O) groups excluding carboxylic acids is 3. The van der Waals surface area contributed by atoms with Gasteiger partial charge in [-0.25, -0.2) is 18.8 Å². The molecule has 1 atom stereocenters. The highest BCUT2D eigenvalue weighted by atomic mass is 19.1. The summed E-state index contributed by atoms with van der Waals surface area (Å²) in [6.45, 7) is 8.72. The van der Waals surface area contributed by atoms with Crippen molar-refractivity contribution >= 4 is 24.0 Å². The topological polar surface area (TPSA) is 78.9 Å². The second-order valence-corrected chi connectivity index (χ2v) is 8.24. The number of esters is 3. The second-order valence-electron chi connectivity index (χ2n) is 8.24. The number of hydrogen-bond donors (Lipinski definition) is 0. The molecule has 0 unspecified atom stereocenters. The van der Waals surface area contributed by atoms with Crippen LogP contribution < -0.4 is 4.74 Å². The van der Waals surface area contributed by atoms with Gasteiger partial charge in [0.15, 0.2) is 0 Å². The molecule has 0 spiro atoms. The van der Waals surface area contributed by atoms with E-state index in [1.54, 1.807) is 49.4 Å². The zero-order chi connectivity index (χ0) is 26.8. The van der Waals surface area contributed by atoms with Gasteiger partial charge < -0.3 is 14.2 Å². The summed E-state index contributed by atoms with van der Waals surface area (Å²) in [6.07, 6.45) is 10.00. The number of halogens is 1. The van der Waals surface area contributed by atoms with Crippen molar-refractivity contribution in [3.8, 4) is 16.9 Å². The van der Waals surface area contributed by atoms with Gasteiger partial charge in [0, 0.05) is 36.1 Å². The molecule has 0 radical (unpaired) electrons. The largest absolute Gasteiger partial charge is 0.462 e. The normalized spacial score (nSPS) is 14.5. The predicted molar refractivity (Wildman–Crippen MR) is 139 cm³/mol. The first-order valence-corrected chi connectivity index (χ1v) is 11.6. The van der Waals surface area contributed by atoms with Crippen LogP contribution in [0.25, 0.3) is 17.2 Å². The van der Waals surface area contributed by atoms with E-state index in [1.165, 1.54) is 18.2 Å². The lowest BCUT2D eigenvalue weighted by atomic mass is 10.0.